The molecule has 0 spiro atoms. The number of aryl methyl sites for hydroxylation is 1. The van der Waals surface area contributed by atoms with E-state index in [1.807, 2.05) is 29.5 Å². The first-order valence-electron chi connectivity index (χ1n) is 8.64. The maximum atomic E-state index is 12.6. The molecule has 0 aliphatic rings. The lowest BCUT2D eigenvalue weighted by Gasteiger charge is -2.26. The highest BCUT2D eigenvalue weighted by molar-refractivity contribution is 7.99. The summed E-state index contributed by atoms with van der Waals surface area (Å²) in [5.74, 6) is 2.99. The molecule has 0 unspecified atom stereocenters. The lowest BCUT2D eigenvalue weighted by Crippen LogP contribution is -2.38. The van der Waals surface area contributed by atoms with Gasteiger partial charge in [0.05, 0.1) is 17.6 Å². The molecule has 0 aliphatic carbocycles. The van der Waals surface area contributed by atoms with Crippen molar-refractivity contribution in [2.75, 3.05) is 18.8 Å². The first-order valence-corrected chi connectivity index (χ1v) is 9.62. The first-order chi connectivity index (χ1) is 11.8. The van der Waals surface area contributed by atoms with Crippen molar-refractivity contribution in [3.05, 3.63) is 18.1 Å². The first kappa shape index (κ1) is 19.6. The van der Waals surface area contributed by atoms with E-state index in [1.165, 1.54) is 11.8 Å². The van der Waals surface area contributed by atoms with Crippen molar-refractivity contribution in [3.8, 4) is 11.4 Å². The normalized spacial score (nSPS) is 11.5. The van der Waals surface area contributed by atoms with Crippen LogP contribution in [-0.4, -0.2) is 44.4 Å². The Morgan fingerprint density at radius 2 is 1.88 bits per heavy atom. The second-order valence-corrected chi connectivity index (χ2v) is 8.07. The van der Waals surface area contributed by atoms with E-state index in [1.54, 1.807) is 6.26 Å². The number of carbonyl (C=O) groups is 1. The van der Waals surface area contributed by atoms with Crippen molar-refractivity contribution in [3.63, 3.8) is 0 Å². The van der Waals surface area contributed by atoms with Crippen LogP contribution in [0.25, 0.3) is 11.4 Å². The smallest absolute Gasteiger partial charge is 0.233 e. The summed E-state index contributed by atoms with van der Waals surface area (Å²) in [6, 6.07) is 1.88. The van der Waals surface area contributed by atoms with Gasteiger partial charge in [-0.2, -0.15) is 0 Å². The molecule has 6 nitrogen and oxygen atoms in total. The molecule has 0 aliphatic heterocycles. The summed E-state index contributed by atoms with van der Waals surface area (Å²) in [5, 5.41) is 9.21. The Labute approximate surface area is 154 Å². The molecule has 2 aromatic heterocycles. The third-order valence-corrected chi connectivity index (χ3v) is 4.79. The van der Waals surface area contributed by atoms with Crippen molar-refractivity contribution in [1.29, 1.82) is 0 Å². The van der Waals surface area contributed by atoms with E-state index < -0.39 is 0 Å². The van der Waals surface area contributed by atoms with E-state index in [4.69, 9.17) is 4.42 Å². The fourth-order valence-electron chi connectivity index (χ4n) is 2.67. The molecule has 0 aromatic carbocycles. The quantitative estimate of drug-likeness (QED) is 0.670. The Balaban J connectivity index is 2.04. The predicted octanol–water partition coefficient (Wildman–Crippen LogP) is 3.62. The molecule has 0 radical (unpaired) electrons. The van der Waals surface area contributed by atoms with Gasteiger partial charge in [-0.15, -0.1) is 10.2 Å². The molecular formula is C18H28N4O2S. The van der Waals surface area contributed by atoms with Crippen LogP contribution in [0.1, 0.15) is 33.5 Å². The number of carbonyl (C=O) groups excluding carboxylic acids is 1. The number of furan rings is 1. The van der Waals surface area contributed by atoms with Crippen molar-refractivity contribution >= 4 is 17.7 Å². The second-order valence-electron chi connectivity index (χ2n) is 7.13. The zero-order chi connectivity index (χ0) is 18.6. The molecule has 2 heterocycles. The summed E-state index contributed by atoms with van der Waals surface area (Å²) in [5.41, 5.74) is 0.925. The predicted molar refractivity (Wildman–Crippen MR) is 100 cm³/mol. The third kappa shape index (κ3) is 5.11. The zero-order valence-corrected chi connectivity index (χ0v) is 16.8. The number of aromatic nitrogens is 3. The molecule has 138 valence electrons. The molecule has 1 amide bonds. The van der Waals surface area contributed by atoms with E-state index in [-0.39, 0.29) is 5.91 Å². The van der Waals surface area contributed by atoms with Crippen LogP contribution in [0, 0.1) is 18.8 Å². The molecule has 0 saturated heterocycles. The van der Waals surface area contributed by atoms with E-state index in [2.05, 4.69) is 37.9 Å². The molecule has 25 heavy (non-hydrogen) atoms. The van der Waals surface area contributed by atoms with E-state index in [9.17, 15) is 4.79 Å². The number of thioether (sulfide) groups is 1. The highest BCUT2D eigenvalue weighted by Crippen LogP contribution is 2.26. The average Bonchev–Trinajstić information content (AvgIpc) is 3.09. The van der Waals surface area contributed by atoms with E-state index in [0.717, 1.165) is 35.4 Å². The van der Waals surface area contributed by atoms with Crippen LogP contribution in [0.3, 0.4) is 0 Å². The Kier molecular flexibility index (Phi) is 6.70. The van der Waals surface area contributed by atoms with Crippen LogP contribution in [-0.2, 0) is 11.8 Å². The Hall–Kier alpha value is -1.76. The van der Waals surface area contributed by atoms with Crippen LogP contribution in [0.2, 0.25) is 0 Å². The summed E-state index contributed by atoms with van der Waals surface area (Å²) in [4.78, 5) is 14.6. The fourth-order valence-corrected chi connectivity index (χ4v) is 3.48. The average molecular weight is 365 g/mol. The standard InChI is InChI=1S/C18H28N4O2S/c1-12(2)9-22(10-13(3)4)16(23)11-25-18-20-19-17(21(18)6)15-7-8-24-14(15)5/h7-8,12-13H,9-11H2,1-6H3. The lowest BCUT2D eigenvalue weighted by molar-refractivity contribution is -0.129. The SMILES string of the molecule is Cc1occc1-c1nnc(SCC(=O)N(CC(C)C)CC(C)C)n1C. The van der Waals surface area contributed by atoms with Gasteiger partial charge in [0.1, 0.15) is 5.76 Å². The molecule has 2 aromatic rings. The Morgan fingerprint density at radius 1 is 1.24 bits per heavy atom. The largest absolute Gasteiger partial charge is 0.469 e. The highest BCUT2D eigenvalue weighted by atomic mass is 32.2. The molecule has 0 atom stereocenters. The van der Waals surface area contributed by atoms with Gasteiger partial charge in [0.25, 0.3) is 0 Å². The van der Waals surface area contributed by atoms with Crippen LogP contribution in [0.5, 0.6) is 0 Å². The van der Waals surface area contributed by atoms with Crippen molar-refractivity contribution in [2.24, 2.45) is 18.9 Å². The topological polar surface area (TPSA) is 64.2 Å². The minimum Gasteiger partial charge on any atom is -0.469 e. The third-order valence-electron chi connectivity index (χ3n) is 3.78. The lowest BCUT2D eigenvalue weighted by atomic mass is 10.1. The highest BCUT2D eigenvalue weighted by Gasteiger charge is 2.19. The number of rotatable bonds is 8. The molecular weight excluding hydrogens is 336 g/mol. The molecule has 7 heteroatoms. The minimum atomic E-state index is 0.149. The van der Waals surface area contributed by atoms with Gasteiger partial charge in [-0.3, -0.25) is 4.79 Å². The van der Waals surface area contributed by atoms with Gasteiger partial charge in [-0.1, -0.05) is 39.5 Å². The monoisotopic (exact) mass is 364 g/mol. The van der Waals surface area contributed by atoms with Crippen molar-refractivity contribution < 1.29 is 9.21 Å². The number of amides is 1. The number of hydrogen-bond donors (Lipinski definition) is 0. The Morgan fingerprint density at radius 3 is 2.40 bits per heavy atom. The van der Waals surface area contributed by atoms with Crippen molar-refractivity contribution in [1.82, 2.24) is 19.7 Å². The summed E-state index contributed by atoms with van der Waals surface area (Å²) in [6.07, 6.45) is 1.64. The molecule has 0 saturated carbocycles. The molecule has 0 bridgehead atoms. The summed E-state index contributed by atoms with van der Waals surface area (Å²) in [6.45, 7) is 12.0. The summed E-state index contributed by atoms with van der Waals surface area (Å²) < 4.78 is 7.25. The van der Waals surface area contributed by atoms with E-state index in [0.29, 0.717) is 17.6 Å². The molecule has 2 rings (SSSR count). The molecule has 0 fully saturated rings. The van der Waals surface area contributed by atoms with Crippen LogP contribution in [0.4, 0.5) is 0 Å². The van der Waals surface area contributed by atoms with Crippen LogP contribution >= 0.6 is 11.8 Å². The summed E-state index contributed by atoms with van der Waals surface area (Å²) >= 11 is 1.43. The fraction of sp³-hybridized carbons (Fsp3) is 0.611. The van der Waals surface area contributed by atoms with Gasteiger partial charge in [-0.25, -0.2) is 0 Å². The van der Waals surface area contributed by atoms with E-state index >= 15 is 0 Å². The Bertz CT molecular complexity index is 696. The van der Waals surface area contributed by atoms with Gasteiger partial charge in [0.2, 0.25) is 5.91 Å². The van der Waals surface area contributed by atoms with Gasteiger partial charge >= 0.3 is 0 Å². The van der Waals surface area contributed by atoms with Gasteiger partial charge in [0.15, 0.2) is 11.0 Å². The number of nitrogens with zero attached hydrogens (tertiary/aromatic N) is 4. The summed E-state index contributed by atoms with van der Waals surface area (Å²) in [7, 11) is 1.91. The maximum absolute atomic E-state index is 12.6. The maximum Gasteiger partial charge on any atom is 0.233 e. The molecule has 0 N–H and O–H groups in total. The van der Waals surface area contributed by atoms with Crippen LogP contribution in [0.15, 0.2) is 21.9 Å². The number of hydrogen-bond acceptors (Lipinski definition) is 5. The van der Waals surface area contributed by atoms with Gasteiger partial charge in [0, 0.05) is 20.1 Å². The zero-order valence-electron chi connectivity index (χ0n) is 15.9. The minimum absolute atomic E-state index is 0.149. The van der Waals surface area contributed by atoms with Gasteiger partial charge < -0.3 is 13.9 Å². The van der Waals surface area contributed by atoms with Crippen LogP contribution < -0.4 is 0 Å². The second kappa shape index (κ2) is 8.56. The van der Waals surface area contributed by atoms with Gasteiger partial charge in [-0.05, 0) is 24.8 Å². The van der Waals surface area contributed by atoms with Crippen molar-refractivity contribution in [2.45, 2.75) is 39.8 Å².